The van der Waals surface area contributed by atoms with Crippen LogP contribution in [0.3, 0.4) is 0 Å². The summed E-state index contributed by atoms with van der Waals surface area (Å²) in [6.45, 7) is 1.95. The predicted molar refractivity (Wildman–Crippen MR) is 41.0 cm³/mol. The predicted octanol–water partition coefficient (Wildman–Crippen LogP) is 1.50. The summed E-state index contributed by atoms with van der Waals surface area (Å²) in [6.07, 6.45) is 1.55. The minimum atomic E-state index is -2.29. The molecule has 0 aromatic rings. The van der Waals surface area contributed by atoms with Crippen molar-refractivity contribution in [3.8, 4) is 0 Å². The molecule has 3 aliphatic rings. The SMILES string of the molecule is FC1(F)C2C[C@H]3CNC[C@H]3CC21. The Morgan fingerprint density at radius 1 is 1.00 bits per heavy atom. The molecule has 1 saturated heterocycles. The molecule has 3 heteroatoms. The second-order valence-corrected chi connectivity index (χ2v) is 4.54. The Bertz CT molecular complexity index is 193. The minimum absolute atomic E-state index is 0.251. The highest BCUT2D eigenvalue weighted by Gasteiger charge is 2.70. The lowest BCUT2D eigenvalue weighted by atomic mass is 9.82. The fraction of sp³-hybridized carbons (Fsp3) is 1.00. The summed E-state index contributed by atoms with van der Waals surface area (Å²) < 4.78 is 26.0. The zero-order chi connectivity index (χ0) is 8.34. The first-order valence-corrected chi connectivity index (χ1v) is 4.78. The van der Waals surface area contributed by atoms with Gasteiger partial charge in [-0.15, -0.1) is 0 Å². The van der Waals surface area contributed by atoms with Gasteiger partial charge in [0.2, 0.25) is 0 Å². The third-order valence-electron chi connectivity index (χ3n) is 3.96. The molecular weight excluding hydrogens is 160 g/mol. The van der Waals surface area contributed by atoms with Crippen LogP contribution in [0, 0.1) is 23.7 Å². The van der Waals surface area contributed by atoms with Gasteiger partial charge in [-0.1, -0.05) is 0 Å². The van der Waals surface area contributed by atoms with Crippen molar-refractivity contribution in [2.24, 2.45) is 23.7 Å². The van der Waals surface area contributed by atoms with Gasteiger partial charge < -0.3 is 5.32 Å². The molecule has 1 aliphatic heterocycles. The van der Waals surface area contributed by atoms with Crippen LogP contribution in [0.4, 0.5) is 8.78 Å². The van der Waals surface area contributed by atoms with Crippen molar-refractivity contribution < 1.29 is 8.78 Å². The van der Waals surface area contributed by atoms with Crippen molar-refractivity contribution in [2.75, 3.05) is 13.1 Å². The Morgan fingerprint density at radius 2 is 1.50 bits per heavy atom. The van der Waals surface area contributed by atoms with Gasteiger partial charge >= 0.3 is 0 Å². The first-order valence-electron chi connectivity index (χ1n) is 4.78. The van der Waals surface area contributed by atoms with E-state index >= 15 is 0 Å². The molecule has 3 rings (SSSR count). The van der Waals surface area contributed by atoms with Crippen LogP contribution in [0.15, 0.2) is 0 Å². The molecule has 0 aromatic heterocycles. The van der Waals surface area contributed by atoms with E-state index in [2.05, 4.69) is 5.32 Å². The zero-order valence-electron chi connectivity index (χ0n) is 6.89. The summed E-state index contributed by atoms with van der Waals surface area (Å²) in [5.41, 5.74) is 0. The van der Waals surface area contributed by atoms with Gasteiger partial charge in [0.25, 0.3) is 5.92 Å². The summed E-state index contributed by atoms with van der Waals surface area (Å²) in [7, 11) is 0. The fourth-order valence-corrected chi connectivity index (χ4v) is 3.09. The molecule has 1 nitrogen and oxygen atoms in total. The average Bonchev–Trinajstić information content (AvgIpc) is 2.50. The van der Waals surface area contributed by atoms with E-state index in [0.717, 1.165) is 25.9 Å². The molecule has 12 heavy (non-hydrogen) atoms. The van der Waals surface area contributed by atoms with Crippen molar-refractivity contribution in [1.82, 2.24) is 5.32 Å². The smallest absolute Gasteiger partial charge is 0.254 e. The van der Waals surface area contributed by atoms with Gasteiger partial charge in [-0.2, -0.15) is 0 Å². The molecule has 4 atom stereocenters. The fourth-order valence-electron chi connectivity index (χ4n) is 3.09. The minimum Gasteiger partial charge on any atom is -0.316 e. The molecule has 68 valence electrons. The molecule has 3 fully saturated rings. The van der Waals surface area contributed by atoms with Crippen molar-refractivity contribution >= 4 is 0 Å². The third-order valence-corrected chi connectivity index (χ3v) is 3.96. The van der Waals surface area contributed by atoms with E-state index in [9.17, 15) is 8.78 Å². The summed E-state index contributed by atoms with van der Waals surface area (Å²) in [5.74, 6) is -1.68. The Labute approximate surface area is 70.5 Å². The number of hydrogen-bond donors (Lipinski definition) is 1. The van der Waals surface area contributed by atoms with E-state index in [1.165, 1.54) is 0 Å². The summed E-state index contributed by atoms with van der Waals surface area (Å²) in [4.78, 5) is 0. The van der Waals surface area contributed by atoms with Crippen molar-refractivity contribution in [1.29, 1.82) is 0 Å². The van der Waals surface area contributed by atoms with Crippen LogP contribution in [-0.4, -0.2) is 19.0 Å². The van der Waals surface area contributed by atoms with E-state index in [-0.39, 0.29) is 11.8 Å². The standard InChI is InChI=1S/C9H13F2N/c10-9(11)7-1-5-3-12-4-6(5)2-8(7)9/h5-8,12H,1-4H2/t5-,6+,7?,8?. The van der Waals surface area contributed by atoms with Gasteiger partial charge in [0.05, 0.1) is 0 Å². The molecule has 0 aromatic carbocycles. The second-order valence-electron chi connectivity index (χ2n) is 4.54. The van der Waals surface area contributed by atoms with Crippen LogP contribution in [0.5, 0.6) is 0 Å². The van der Waals surface area contributed by atoms with Gasteiger partial charge in [-0.25, -0.2) is 8.78 Å². The van der Waals surface area contributed by atoms with Gasteiger partial charge in [0, 0.05) is 11.8 Å². The molecule has 0 bridgehead atoms. The third kappa shape index (κ3) is 0.754. The maximum absolute atomic E-state index is 13.0. The molecule has 2 aliphatic carbocycles. The number of nitrogens with one attached hydrogen (secondary N) is 1. The van der Waals surface area contributed by atoms with E-state index < -0.39 is 5.92 Å². The maximum Gasteiger partial charge on any atom is 0.254 e. The van der Waals surface area contributed by atoms with Gasteiger partial charge in [0.1, 0.15) is 0 Å². The Balaban J connectivity index is 1.78. The van der Waals surface area contributed by atoms with Crippen LogP contribution in [0.25, 0.3) is 0 Å². The molecule has 0 radical (unpaired) electrons. The summed E-state index contributed by atoms with van der Waals surface area (Å²) >= 11 is 0. The lowest BCUT2D eigenvalue weighted by Crippen LogP contribution is -2.18. The normalized spacial score (nSPS) is 54.5. The van der Waals surface area contributed by atoms with Crippen LogP contribution < -0.4 is 5.32 Å². The first kappa shape index (κ1) is 7.25. The summed E-state index contributed by atoms with van der Waals surface area (Å²) in [6, 6.07) is 0. The average molecular weight is 173 g/mol. The second kappa shape index (κ2) is 2.00. The molecule has 0 spiro atoms. The zero-order valence-corrected chi connectivity index (χ0v) is 6.89. The molecule has 1 N–H and O–H groups in total. The Kier molecular flexibility index (Phi) is 1.21. The molecule has 1 heterocycles. The number of fused-ring (bicyclic) bond motifs is 2. The highest BCUT2D eigenvalue weighted by molar-refractivity contribution is 5.11. The van der Waals surface area contributed by atoms with Gasteiger partial charge in [0.15, 0.2) is 0 Å². The van der Waals surface area contributed by atoms with Gasteiger partial charge in [-0.05, 0) is 37.8 Å². The largest absolute Gasteiger partial charge is 0.316 e. The topological polar surface area (TPSA) is 12.0 Å². The van der Waals surface area contributed by atoms with Crippen molar-refractivity contribution in [2.45, 2.75) is 18.8 Å². The Morgan fingerprint density at radius 3 is 2.00 bits per heavy atom. The highest BCUT2D eigenvalue weighted by atomic mass is 19.3. The lowest BCUT2D eigenvalue weighted by Gasteiger charge is -2.21. The van der Waals surface area contributed by atoms with Crippen molar-refractivity contribution in [3.05, 3.63) is 0 Å². The quantitative estimate of drug-likeness (QED) is 0.585. The van der Waals surface area contributed by atoms with Crippen molar-refractivity contribution in [3.63, 3.8) is 0 Å². The molecular formula is C9H13F2N. The monoisotopic (exact) mass is 173 g/mol. The number of alkyl halides is 2. The number of hydrogen-bond acceptors (Lipinski definition) is 1. The van der Waals surface area contributed by atoms with Gasteiger partial charge in [-0.3, -0.25) is 0 Å². The number of halogens is 2. The highest BCUT2D eigenvalue weighted by Crippen LogP contribution is 2.64. The van der Waals surface area contributed by atoms with Crippen LogP contribution in [-0.2, 0) is 0 Å². The van der Waals surface area contributed by atoms with E-state index in [4.69, 9.17) is 0 Å². The first-order chi connectivity index (χ1) is 5.69. The maximum atomic E-state index is 13.0. The Hall–Kier alpha value is -0.180. The van der Waals surface area contributed by atoms with E-state index in [0.29, 0.717) is 11.8 Å². The molecule has 2 saturated carbocycles. The summed E-state index contributed by atoms with van der Waals surface area (Å²) in [5, 5.41) is 3.29. The lowest BCUT2D eigenvalue weighted by molar-refractivity contribution is 0.0838. The van der Waals surface area contributed by atoms with Crippen LogP contribution >= 0.6 is 0 Å². The molecule has 0 amide bonds. The van der Waals surface area contributed by atoms with E-state index in [1.54, 1.807) is 0 Å². The molecule has 2 unspecified atom stereocenters. The van der Waals surface area contributed by atoms with E-state index in [1.807, 2.05) is 0 Å². The number of rotatable bonds is 0. The van der Waals surface area contributed by atoms with Crippen LogP contribution in [0.2, 0.25) is 0 Å². The van der Waals surface area contributed by atoms with Crippen LogP contribution in [0.1, 0.15) is 12.8 Å².